The third kappa shape index (κ3) is 7.23. The maximum Gasteiger partial charge on any atom is 0.264 e. The Morgan fingerprint density at radius 2 is 1.60 bits per heavy atom. The summed E-state index contributed by atoms with van der Waals surface area (Å²) in [7, 11) is -1.40. The molecule has 0 aliphatic heterocycles. The fourth-order valence-corrected chi connectivity index (χ4v) is 5.25. The minimum atomic E-state index is -4.25. The van der Waals surface area contributed by atoms with Crippen LogP contribution in [-0.2, 0) is 14.8 Å². The molecule has 10 nitrogen and oxygen atoms in total. The van der Waals surface area contributed by atoms with E-state index < -0.39 is 22.5 Å². The minimum absolute atomic E-state index is 0.0574. The molecule has 2 amide bonds. The first kappa shape index (κ1) is 30.3. The van der Waals surface area contributed by atoms with E-state index in [9.17, 15) is 18.0 Å². The summed E-state index contributed by atoms with van der Waals surface area (Å²) in [6.07, 6.45) is 0.741. The molecule has 0 fully saturated rings. The number of hydrogen-bond donors (Lipinski definition) is 2. The van der Waals surface area contributed by atoms with Crippen LogP contribution in [0.5, 0.6) is 17.2 Å². The van der Waals surface area contributed by atoms with Gasteiger partial charge in [0.25, 0.3) is 15.9 Å². The SMILES string of the molecule is CCOc1ccc(N(CC(=O)Nc2ccccc2C(=O)N[C@H](C)CC)S(=O)(=O)c2ccc(OC)c(OC)c2)cc1. The van der Waals surface area contributed by atoms with Crippen LogP contribution in [0.15, 0.2) is 71.6 Å². The normalized spacial score (nSPS) is 11.7. The van der Waals surface area contributed by atoms with E-state index in [2.05, 4.69) is 10.6 Å². The fraction of sp³-hybridized carbons (Fsp3) is 0.310. The van der Waals surface area contributed by atoms with Crippen LogP contribution in [0, 0.1) is 0 Å². The lowest BCUT2D eigenvalue weighted by Gasteiger charge is -2.25. The Labute approximate surface area is 235 Å². The molecule has 0 saturated carbocycles. The van der Waals surface area contributed by atoms with Crippen molar-refractivity contribution in [3.63, 3.8) is 0 Å². The van der Waals surface area contributed by atoms with Crippen LogP contribution in [0.3, 0.4) is 0 Å². The highest BCUT2D eigenvalue weighted by atomic mass is 32.2. The monoisotopic (exact) mass is 569 g/mol. The molecule has 3 aromatic rings. The van der Waals surface area contributed by atoms with Gasteiger partial charge in [-0.05, 0) is 68.8 Å². The van der Waals surface area contributed by atoms with Gasteiger partial charge in [0.15, 0.2) is 11.5 Å². The summed E-state index contributed by atoms with van der Waals surface area (Å²) in [4.78, 5) is 26.0. The van der Waals surface area contributed by atoms with Crippen molar-refractivity contribution in [1.82, 2.24) is 5.32 Å². The van der Waals surface area contributed by atoms with E-state index in [1.54, 1.807) is 48.5 Å². The predicted octanol–water partition coefficient (Wildman–Crippen LogP) is 4.46. The summed E-state index contributed by atoms with van der Waals surface area (Å²) >= 11 is 0. The number of methoxy groups -OCH3 is 2. The number of carbonyl (C=O) groups is 2. The Hall–Kier alpha value is -4.25. The van der Waals surface area contributed by atoms with Crippen molar-refractivity contribution in [3.8, 4) is 17.2 Å². The van der Waals surface area contributed by atoms with Crippen LogP contribution >= 0.6 is 0 Å². The van der Waals surface area contributed by atoms with Crippen LogP contribution in [0.4, 0.5) is 11.4 Å². The van der Waals surface area contributed by atoms with Crippen molar-refractivity contribution < 1.29 is 32.2 Å². The van der Waals surface area contributed by atoms with Gasteiger partial charge in [-0.25, -0.2) is 8.42 Å². The molecular formula is C29H35N3O7S. The summed E-state index contributed by atoms with van der Waals surface area (Å²) < 4.78 is 44.8. The van der Waals surface area contributed by atoms with Gasteiger partial charge in [-0.2, -0.15) is 0 Å². The highest BCUT2D eigenvalue weighted by Gasteiger charge is 2.29. The van der Waals surface area contributed by atoms with Gasteiger partial charge in [0.2, 0.25) is 5.91 Å². The van der Waals surface area contributed by atoms with Gasteiger partial charge in [0, 0.05) is 12.1 Å². The molecule has 2 N–H and O–H groups in total. The van der Waals surface area contributed by atoms with Crippen LogP contribution in [-0.4, -0.2) is 53.6 Å². The van der Waals surface area contributed by atoms with Crippen molar-refractivity contribution in [2.75, 3.05) is 37.0 Å². The third-order valence-electron chi connectivity index (χ3n) is 6.10. The molecule has 0 aliphatic carbocycles. The molecule has 0 aliphatic rings. The second kappa shape index (κ2) is 13.7. The van der Waals surface area contributed by atoms with Crippen molar-refractivity contribution in [2.24, 2.45) is 0 Å². The van der Waals surface area contributed by atoms with E-state index in [1.165, 1.54) is 32.4 Å². The summed E-state index contributed by atoms with van der Waals surface area (Å²) in [6, 6.07) is 17.1. The van der Waals surface area contributed by atoms with Crippen molar-refractivity contribution in [2.45, 2.75) is 38.1 Å². The first-order valence-corrected chi connectivity index (χ1v) is 14.3. The van der Waals surface area contributed by atoms with Crippen molar-refractivity contribution in [3.05, 3.63) is 72.3 Å². The molecule has 0 bridgehead atoms. The molecule has 0 radical (unpaired) electrons. The molecule has 214 valence electrons. The van der Waals surface area contributed by atoms with Crippen molar-refractivity contribution in [1.29, 1.82) is 0 Å². The lowest BCUT2D eigenvalue weighted by atomic mass is 10.1. The topological polar surface area (TPSA) is 123 Å². The fourth-order valence-electron chi connectivity index (χ4n) is 3.81. The Morgan fingerprint density at radius 3 is 2.23 bits per heavy atom. The third-order valence-corrected chi connectivity index (χ3v) is 7.87. The summed E-state index contributed by atoms with van der Waals surface area (Å²) in [5, 5.41) is 5.58. The molecule has 3 aromatic carbocycles. The molecule has 0 unspecified atom stereocenters. The minimum Gasteiger partial charge on any atom is -0.494 e. The first-order valence-electron chi connectivity index (χ1n) is 12.8. The Kier molecular flexibility index (Phi) is 10.4. The Balaban J connectivity index is 1.97. The maximum atomic E-state index is 13.9. The van der Waals surface area contributed by atoms with E-state index in [0.717, 1.165) is 10.7 Å². The van der Waals surface area contributed by atoms with Gasteiger partial charge in [0.1, 0.15) is 12.3 Å². The first-order chi connectivity index (χ1) is 19.1. The Bertz CT molecular complexity index is 1430. The number of para-hydroxylation sites is 1. The van der Waals surface area contributed by atoms with E-state index >= 15 is 0 Å². The van der Waals surface area contributed by atoms with Crippen LogP contribution in [0.2, 0.25) is 0 Å². The zero-order valence-corrected chi connectivity index (χ0v) is 24.1. The number of sulfonamides is 1. The number of nitrogens with zero attached hydrogens (tertiary/aromatic N) is 1. The van der Waals surface area contributed by atoms with Gasteiger partial charge in [-0.1, -0.05) is 19.1 Å². The van der Waals surface area contributed by atoms with Crippen LogP contribution in [0.1, 0.15) is 37.6 Å². The molecule has 0 heterocycles. The average Bonchev–Trinajstić information content (AvgIpc) is 2.96. The highest BCUT2D eigenvalue weighted by molar-refractivity contribution is 7.92. The second-order valence-electron chi connectivity index (χ2n) is 8.83. The molecule has 1 atom stereocenters. The Morgan fingerprint density at radius 1 is 0.925 bits per heavy atom. The number of anilines is 2. The largest absolute Gasteiger partial charge is 0.494 e. The van der Waals surface area contributed by atoms with E-state index in [1.807, 2.05) is 20.8 Å². The predicted molar refractivity (Wildman–Crippen MR) is 154 cm³/mol. The lowest BCUT2D eigenvalue weighted by Crippen LogP contribution is -2.38. The standard InChI is InChI=1S/C29H35N3O7S/c1-6-20(3)30-29(34)24-10-8-9-11-25(24)31-28(33)19-32(21-12-14-22(15-13-21)39-7-2)40(35,36)23-16-17-26(37-4)27(18-23)38-5/h8-18,20H,6-7,19H2,1-5H3,(H,30,34)(H,31,33)/t20-/m1/s1. The number of ether oxygens (including phenoxy) is 3. The number of rotatable bonds is 13. The zero-order valence-electron chi connectivity index (χ0n) is 23.3. The van der Waals surface area contributed by atoms with Crippen LogP contribution < -0.4 is 29.1 Å². The van der Waals surface area contributed by atoms with E-state index in [4.69, 9.17) is 14.2 Å². The summed E-state index contributed by atoms with van der Waals surface area (Å²) in [5.74, 6) is 0.161. The molecule has 40 heavy (non-hydrogen) atoms. The number of carbonyl (C=O) groups excluding carboxylic acids is 2. The smallest absolute Gasteiger partial charge is 0.264 e. The van der Waals surface area contributed by atoms with E-state index in [0.29, 0.717) is 18.1 Å². The van der Waals surface area contributed by atoms with Gasteiger partial charge in [-0.15, -0.1) is 0 Å². The number of amides is 2. The summed E-state index contributed by atoms with van der Waals surface area (Å²) in [5.41, 5.74) is 0.783. The van der Waals surface area contributed by atoms with Gasteiger partial charge >= 0.3 is 0 Å². The van der Waals surface area contributed by atoms with Crippen molar-refractivity contribution >= 4 is 33.2 Å². The maximum absolute atomic E-state index is 13.9. The number of nitrogens with one attached hydrogen (secondary N) is 2. The number of benzene rings is 3. The second-order valence-corrected chi connectivity index (χ2v) is 10.7. The van der Waals surface area contributed by atoms with E-state index in [-0.39, 0.29) is 39.5 Å². The molecule has 0 saturated heterocycles. The molecule has 0 spiro atoms. The lowest BCUT2D eigenvalue weighted by molar-refractivity contribution is -0.114. The number of hydrogen-bond acceptors (Lipinski definition) is 7. The quantitative estimate of drug-likeness (QED) is 0.311. The van der Waals surface area contributed by atoms with Gasteiger partial charge in [0.05, 0.1) is 42.7 Å². The zero-order chi connectivity index (χ0) is 29.3. The molecule has 11 heteroatoms. The summed E-state index contributed by atoms with van der Waals surface area (Å²) in [6.45, 7) is 5.55. The van der Waals surface area contributed by atoms with Gasteiger partial charge in [-0.3, -0.25) is 13.9 Å². The molecule has 0 aromatic heterocycles. The average molecular weight is 570 g/mol. The van der Waals surface area contributed by atoms with Gasteiger partial charge < -0.3 is 24.8 Å². The molecular weight excluding hydrogens is 534 g/mol. The molecule has 3 rings (SSSR count). The highest BCUT2D eigenvalue weighted by Crippen LogP contribution is 2.32. The van der Waals surface area contributed by atoms with Crippen LogP contribution in [0.25, 0.3) is 0 Å².